The monoisotopic (exact) mass is 308 g/mol. The van der Waals surface area contributed by atoms with Crippen LogP contribution in [0.3, 0.4) is 0 Å². The fourth-order valence-corrected chi connectivity index (χ4v) is 1.65. The number of benzene rings is 1. The van der Waals surface area contributed by atoms with Gasteiger partial charge in [0.2, 0.25) is 5.91 Å². The Bertz CT molecular complexity index is 495. The number of carbonyl (C=O) groups excluding carboxylic acids is 1. The van der Waals surface area contributed by atoms with Gasteiger partial charge in [-0.3, -0.25) is 4.79 Å². The van der Waals surface area contributed by atoms with Crippen molar-refractivity contribution in [2.75, 3.05) is 11.9 Å². The summed E-state index contributed by atoms with van der Waals surface area (Å²) < 4.78 is 1.01. The van der Waals surface area contributed by atoms with Crippen molar-refractivity contribution in [3.05, 3.63) is 47.0 Å². The van der Waals surface area contributed by atoms with Crippen molar-refractivity contribution in [2.45, 2.75) is 6.54 Å². The zero-order valence-corrected chi connectivity index (χ0v) is 11.2. The minimum atomic E-state index is -0.0747. The number of aromatic nitrogens is 2. The number of rotatable bonds is 5. The second-order valence-electron chi connectivity index (χ2n) is 3.67. The van der Waals surface area contributed by atoms with E-state index < -0.39 is 0 Å². The van der Waals surface area contributed by atoms with Gasteiger partial charge >= 0.3 is 0 Å². The minimum absolute atomic E-state index is 0.0747. The highest BCUT2D eigenvalue weighted by atomic mass is 79.9. The lowest BCUT2D eigenvalue weighted by Crippen LogP contribution is -2.29. The second-order valence-corrected chi connectivity index (χ2v) is 4.59. The van der Waals surface area contributed by atoms with Crippen LogP contribution in [0.25, 0.3) is 0 Å². The molecule has 0 spiro atoms. The number of amides is 1. The molecule has 0 bridgehead atoms. The lowest BCUT2D eigenvalue weighted by Gasteiger charge is -2.06. The van der Waals surface area contributed by atoms with E-state index in [0.717, 1.165) is 16.0 Å². The van der Waals surface area contributed by atoms with Crippen LogP contribution in [0, 0.1) is 0 Å². The van der Waals surface area contributed by atoms with Crippen molar-refractivity contribution >= 4 is 27.5 Å². The first-order chi connectivity index (χ1) is 8.74. The van der Waals surface area contributed by atoms with E-state index in [4.69, 9.17) is 0 Å². The molecule has 0 unspecified atom stereocenters. The molecular formula is C12H13BrN4O. The zero-order valence-electron chi connectivity index (χ0n) is 9.61. The first-order valence-electron chi connectivity index (χ1n) is 5.48. The van der Waals surface area contributed by atoms with Gasteiger partial charge < -0.3 is 15.6 Å². The third kappa shape index (κ3) is 3.89. The van der Waals surface area contributed by atoms with Crippen LogP contribution in [0.5, 0.6) is 0 Å². The van der Waals surface area contributed by atoms with Crippen LogP contribution in [-0.2, 0) is 11.3 Å². The lowest BCUT2D eigenvalue weighted by molar-refractivity contribution is -0.119. The average Bonchev–Trinajstić information content (AvgIpc) is 2.89. The van der Waals surface area contributed by atoms with Crippen molar-refractivity contribution in [3.63, 3.8) is 0 Å². The van der Waals surface area contributed by atoms with Crippen LogP contribution in [-0.4, -0.2) is 22.4 Å². The van der Waals surface area contributed by atoms with E-state index in [1.807, 2.05) is 24.3 Å². The molecule has 2 aromatic rings. The number of hydrogen-bond donors (Lipinski definition) is 3. The summed E-state index contributed by atoms with van der Waals surface area (Å²) in [5.74, 6) is 0.668. The maximum absolute atomic E-state index is 11.6. The van der Waals surface area contributed by atoms with Gasteiger partial charge in [-0.25, -0.2) is 4.98 Å². The lowest BCUT2D eigenvalue weighted by atomic mass is 10.3. The third-order valence-corrected chi connectivity index (χ3v) is 2.83. The first kappa shape index (κ1) is 12.6. The average molecular weight is 309 g/mol. The van der Waals surface area contributed by atoms with Crippen LogP contribution in [0.1, 0.15) is 5.82 Å². The molecule has 1 aromatic heterocycles. The van der Waals surface area contributed by atoms with Crippen molar-refractivity contribution in [2.24, 2.45) is 0 Å². The Labute approximate surface area is 113 Å². The number of aromatic amines is 1. The predicted molar refractivity (Wildman–Crippen MR) is 73.1 cm³/mol. The van der Waals surface area contributed by atoms with Crippen LogP contribution in [0.4, 0.5) is 5.69 Å². The Morgan fingerprint density at radius 2 is 2.11 bits per heavy atom. The number of nitrogens with one attached hydrogen (secondary N) is 3. The molecule has 0 saturated carbocycles. The topological polar surface area (TPSA) is 69.8 Å². The van der Waals surface area contributed by atoms with Gasteiger partial charge in [0, 0.05) is 22.6 Å². The SMILES string of the molecule is O=C(CNc1ccc(Br)cc1)NCc1ncc[nH]1. The predicted octanol–water partition coefficient (Wildman–Crippen LogP) is 1.90. The zero-order chi connectivity index (χ0) is 12.8. The number of hydrogen-bond acceptors (Lipinski definition) is 3. The molecule has 2 rings (SSSR count). The van der Waals surface area contributed by atoms with Crippen LogP contribution in [0.15, 0.2) is 41.1 Å². The van der Waals surface area contributed by atoms with Crippen molar-refractivity contribution < 1.29 is 4.79 Å². The van der Waals surface area contributed by atoms with Gasteiger partial charge in [0.05, 0.1) is 13.1 Å². The summed E-state index contributed by atoms with van der Waals surface area (Å²) in [7, 11) is 0. The number of H-pyrrole nitrogens is 1. The van der Waals surface area contributed by atoms with Crippen molar-refractivity contribution in [3.8, 4) is 0 Å². The van der Waals surface area contributed by atoms with E-state index in [0.29, 0.717) is 6.54 Å². The normalized spacial score (nSPS) is 10.1. The van der Waals surface area contributed by atoms with E-state index in [1.54, 1.807) is 12.4 Å². The molecule has 1 amide bonds. The second kappa shape index (κ2) is 6.20. The Hall–Kier alpha value is -1.82. The quantitative estimate of drug-likeness (QED) is 0.790. The number of carbonyl (C=O) groups is 1. The maximum atomic E-state index is 11.6. The number of anilines is 1. The summed E-state index contributed by atoms with van der Waals surface area (Å²) in [6, 6.07) is 7.65. The molecule has 1 heterocycles. The molecule has 0 aliphatic heterocycles. The van der Waals surface area contributed by atoms with Gasteiger partial charge in [0.15, 0.2) is 0 Å². The molecule has 0 aliphatic rings. The van der Waals surface area contributed by atoms with Gasteiger partial charge in [-0.2, -0.15) is 0 Å². The van der Waals surface area contributed by atoms with Gasteiger partial charge in [-0.15, -0.1) is 0 Å². The van der Waals surface area contributed by atoms with Gasteiger partial charge in [0.25, 0.3) is 0 Å². The standard InChI is InChI=1S/C12H13BrN4O/c13-9-1-3-10(4-2-9)16-8-12(18)17-7-11-14-5-6-15-11/h1-6,16H,7-8H2,(H,14,15)(H,17,18). The summed E-state index contributed by atoms with van der Waals surface area (Å²) in [6.07, 6.45) is 3.38. The summed E-state index contributed by atoms with van der Waals surface area (Å²) >= 11 is 3.35. The van der Waals surface area contributed by atoms with E-state index in [-0.39, 0.29) is 12.5 Å². The van der Waals surface area contributed by atoms with Crippen molar-refractivity contribution in [1.82, 2.24) is 15.3 Å². The molecule has 5 nitrogen and oxygen atoms in total. The molecule has 3 N–H and O–H groups in total. The molecule has 18 heavy (non-hydrogen) atoms. The Morgan fingerprint density at radius 1 is 1.33 bits per heavy atom. The van der Waals surface area contributed by atoms with Crippen molar-refractivity contribution in [1.29, 1.82) is 0 Å². The highest BCUT2D eigenvalue weighted by molar-refractivity contribution is 9.10. The minimum Gasteiger partial charge on any atom is -0.376 e. The van der Waals surface area contributed by atoms with Crippen LogP contribution in [0.2, 0.25) is 0 Å². The third-order valence-electron chi connectivity index (χ3n) is 2.31. The van der Waals surface area contributed by atoms with Gasteiger partial charge in [-0.05, 0) is 24.3 Å². The number of imidazole rings is 1. The van der Waals surface area contributed by atoms with E-state index >= 15 is 0 Å². The number of halogens is 1. The van der Waals surface area contributed by atoms with E-state index in [9.17, 15) is 4.79 Å². The molecule has 0 aliphatic carbocycles. The fourth-order valence-electron chi connectivity index (χ4n) is 1.39. The van der Waals surface area contributed by atoms with Gasteiger partial charge in [0.1, 0.15) is 5.82 Å². The molecule has 0 radical (unpaired) electrons. The first-order valence-corrected chi connectivity index (χ1v) is 6.28. The summed E-state index contributed by atoms with van der Waals surface area (Å²) in [5.41, 5.74) is 0.909. The molecule has 6 heteroatoms. The molecule has 1 aromatic carbocycles. The largest absolute Gasteiger partial charge is 0.376 e. The smallest absolute Gasteiger partial charge is 0.239 e. The summed E-state index contributed by atoms with van der Waals surface area (Å²) in [5, 5.41) is 5.80. The van der Waals surface area contributed by atoms with Crippen LogP contribution >= 0.6 is 15.9 Å². The van der Waals surface area contributed by atoms with E-state index in [2.05, 4.69) is 36.5 Å². The van der Waals surface area contributed by atoms with Crippen LogP contribution < -0.4 is 10.6 Å². The molecule has 94 valence electrons. The molecule has 0 fully saturated rings. The Balaban J connectivity index is 1.73. The molecular weight excluding hydrogens is 296 g/mol. The summed E-state index contributed by atoms with van der Waals surface area (Å²) in [4.78, 5) is 18.5. The summed E-state index contributed by atoms with van der Waals surface area (Å²) in [6.45, 7) is 0.649. The molecule has 0 saturated heterocycles. The van der Waals surface area contributed by atoms with E-state index in [1.165, 1.54) is 0 Å². The Morgan fingerprint density at radius 3 is 2.78 bits per heavy atom. The number of nitrogens with zero attached hydrogens (tertiary/aromatic N) is 1. The highest BCUT2D eigenvalue weighted by Crippen LogP contribution is 2.13. The Kier molecular flexibility index (Phi) is 4.35. The fraction of sp³-hybridized carbons (Fsp3) is 0.167. The maximum Gasteiger partial charge on any atom is 0.239 e. The van der Waals surface area contributed by atoms with Gasteiger partial charge in [-0.1, -0.05) is 15.9 Å². The molecule has 0 atom stereocenters. The highest BCUT2D eigenvalue weighted by Gasteiger charge is 2.02.